The van der Waals surface area contributed by atoms with Crippen molar-refractivity contribution in [3.63, 3.8) is 0 Å². The normalized spacial score (nSPS) is 15.6. The maximum atomic E-state index is 10.9. The summed E-state index contributed by atoms with van der Waals surface area (Å²) in [5.41, 5.74) is 0. The predicted molar refractivity (Wildman–Crippen MR) is 42.1 cm³/mol. The van der Waals surface area contributed by atoms with Gasteiger partial charge < -0.3 is 9.84 Å². The van der Waals surface area contributed by atoms with E-state index in [0.29, 0.717) is 6.61 Å². The SMILES string of the molecule is CCOC(=O)[C@@H](O)[C@@H](C)CC. The number of ether oxygens (including phenoxy) is 1. The Morgan fingerprint density at radius 1 is 1.55 bits per heavy atom. The van der Waals surface area contributed by atoms with Crippen molar-refractivity contribution in [2.45, 2.75) is 33.3 Å². The van der Waals surface area contributed by atoms with Crippen LogP contribution < -0.4 is 0 Å². The van der Waals surface area contributed by atoms with Gasteiger partial charge in [-0.05, 0) is 12.8 Å². The number of aliphatic hydroxyl groups is 1. The zero-order valence-electron chi connectivity index (χ0n) is 7.33. The lowest BCUT2D eigenvalue weighted by Crippen LogP contribution is -2.29. The van der Waals surface area contributed by atoms with Gasteiger partial charge in [0.15, 0.2) is 6.10 Å². The van der Waals surface area contributed by atoms with Crippen LogP contribution in [0.5, 0.6) is 0 Å². The van der Waals surface area contributed by atoms with E-state index in [1.165, 1.54) is 0 Å². The molecule has 0 aliphatic rings. The van der Waals surface area contributed by atoms with Crippen molar-refractivity contribution in [1.29, 1.82) is 0 Å². The van der Waals surface area contributed by atoms with E-state index in [4.69, 9.17) is 0 Å². The molecule has 11 heavy (non-hydrogen) atoms. The van der Waals surface area contributed by atoms with E-state index in [1.807, 2.05) is 13.8 Å². The number of rotatable bonds is 4. The molecule has 0 radical (unpaired) electrons. The molecule has 0 heterocycles. The predicted octanol–water partition coefficient (Wildman–Crippen LogP) is 0.956. The van der Waals surface area contributed by atoms with E-state index in [-0.39, 0.29) is 5.92 Å². The van der Waals surface area contributed by atoms with Gasteiger partial charge in [0.05, 0.1) is 6.61 Å². The molecular weight excluding hydrogens is 144 g/mol. The quantitative estimate of drug-likeness (QED) is 0.623. The molecule has 0 aliphatic carbocycles. The first-order chi connectivity index (χ1) is 5.13. The number of carbonyl (C=O) groups excluding carboxylic acids is 1. The van der Waals surface area contributed by atoms with Gasteiger partial charge in [0.25, 0.3) is 0 Å². The number of carbonyl (C=O) groups is 1. The summed E-state index contributed by atoms with van der Waals surface area (Å²) < 4.78 is 4.64. The monoisotopic (exact) mass is 160 g/mol. The minimum Gasteiger partial charge on any atom is -0.464 e. The van der Waals surface area contributed by atoms with Crippen LogP contribution in [0.15, 0.2) is 0 Å². The summed E-state index contributed by atoms with van der Waals surface area (Å²) in [5, 5.41) is 9.24. The molecule has 0 amide bonds. The van der Waals surface area contributed by atoms with Crippen LogP contribution >= 0.6 is 0 Å². The average Bonchev–Trinajstić information content (AvgIpc) is 2.02. The molecule has 0 unspecified atom stereocenters. The number of esters is 1. The molecule has 0 fully saturated rings. The van der Waals surface area contributed by atoms with E-state index in [2.05, 4.69) is 4.74 Å². The molecule has 0 aliphatic heterocycles. The van der Waals surface area contributed by atoms with Crippen molar-refractivity contribution >= 4 is 5.97 Å². The number of hydrogen-bond donors (Lipinski definition) is 1. The van der Waals surface area contributed by atoms with Gasteiger partial charge in [-0.2, -0.15) is 0 Å². The van der Waals surface area contributed by atoms with Crippen LogP contribution in [0.4, 0.5) is 0 Å². The zero-order chi connectivity index (χ0) is 8.85. The standard InChI is InChI=1S/C8H16O3/c1-4-6(3)7(9)8(10)11-5-2/h6-7,9H,4-5H2,1-3H3/t6-,7-/m0/s1. The van der Waals surface area contributed by atoms with Crippen LogP contribution in [0.1, 0.15) is 27.2 Å². The van der Waals surface area contributed by atoms with Gasteiger partial charge in [0.2, 0.25) is 0 Å². The maximum absolute atomic E-state index is 10.9. The molecule has 0 saturated carbocycles. The molecule has 3 nitrogen and oxygen atoms in total. The van der Waals surface area contributed by atoms with Gasteiger partial charge in [-0.1, -0.05) is 20.3 Å². The van der Waals surface area contributed by atoms with Crippen molar-refractivity contribution < 1.29 is 14.6 Å². The summed E-state index contributed by atoms with van der Waals surface area (Å²) in [6.07, 6.45) is -0.181. The Labute approximate surface area is 67.4 Å². The second kappa shape index (κ2) is 5.13. The minimum absolute atomic E-state index is 0.0194. The molecule has 0 spiro atoms. The molecule has 3 heteroatoms. The highest BCUT2D eigenvalue weighted by molar-refractivity contribution is 5.74. The smallest absolute Gasteiger partial charge is 0.335 e. The topological polar surface area (TPSA) is 46.5 Å². The molecule has 0 saturated heterocycles. The second-order valence-electron chi connectivity index (χ2n) is 2.58. The average molecular weight is 160 g/mol. The first-order valence-corrected chi connectivity index (χ1v) is 3.98. The van der Waals surface area contributed by atoms with Crippen molar-refractivity contribution in [2.75, 3.05) is 6.61 Å². The van der Waals surface area contributed by atoms with Gasteiger partial charge in [0, 0.05) is 0 Å². The van der Waals surface area contributed by atoms with Crippen LogP contribution in [0.3, 0.4) is 0 Å². The second-order valence-corrected chi connectivity index (χ2v) is 2.58. The molecule has 0 rings (SSSR count). The minimum atomic E-state index is -0.958. The van der Waals surface area contributed by atoms with Crippen LogP contribution in [-0.2, 0) is 9.53 Å². The van der Waals surface area contributed by atoms with Crippen LogP contribution in [0.25, 0.3) is 0 Å². The Balaban J connectivity index is 3.80. The molecule has 0 aromatic rings. The fourth-order valence-corrected chi connectivity index (χ4v) is 0.683. The summed E-state index contributed by atoms with van der Waals surface area (Å²) in [4.78, 5) is 10.9. The van der Waals surface area contributed by atoms with Crippen molar-refractivity contribution in [2.24, 2.45) is 5.92 Å². The van der Waals surface area contributed by atoms with Crippen LogP contribution in [0, 0.1) is 5.92 Å². The fraction of sp³-hybridized carbons (Fsp3) is 0.875. The van der Waals surface area contributed by atoms with Crippen LogP contribution in [0.2, 0.25) is 0 Å². The third-order valence-corrected chi connectivity index (χ3v) is 1.71. The molecular formula is C8H16O3. The molecule has 0 aromatic carbocycles. The highest BCUT2D eigenvalue weighted by Gasteiger charge is 2.21. The van der Waals surface area contributed by atoms with Crippen molar-refractivity contribution in [3.05, 3.63) is 0 Å². The lowest BCUT2D eigenvalue weighted by atomic mass is 10.0. The Morgan fingerprint density at radius 2 is 2.09 bits per heavy atom. The van der Waals surface area contributed by atoms with E-state index in [0.717, 1.165) is 6.42 Å². The van der Waals surface area contributed by atoms with Crippen molar-refractivity contribution in [1.82, 2.24) is 0 Å². The van der Waals surface area contributed by atoms with Crippen molar-refractivity contribution in [3.8, 4) is 0 Å². The third kappa shape index (κ3) is 3.37. The molecule has 2 atom stereocenters. The third-order valence-electron chi connectivity index (χ3n) is 1.71. The van der Waals surface area contributed by atoms with E-state index in [1.54, 1.807) is 6.92 Å². The molecule has 0 aromatic heterocycles. The summed E-state index contributed by atoms with van der Waals surface area (Å²) in [6.45, 7) is 5.79. The molecule has 1 N–H and O–H groups in total. The van der Waals surface area contributed by atoms with Gasteiger partial charge in [-0.3, -0.25) is 0 Å². The van der Waals surface area contributed by atoms with Gasteiger partial charge in [-0.15, -0.1) is 0 Å². The van der Waals surface area contributed by atoms with Crippen LogP contribution in [-0.4, -0.2) is 23.8 Å². The summed E-state index contributed by atoms with van der Waals surface area (Å²) >= 11 is 0. The van der Waals surface area contributed by atoms with Gasteiger partial charge >= 0.3 is 5.97 Å². The van der Waals surface area contributed by atoms with Gasteiger partial charge in [0.1, 0.15) is 0 Å². The molecule has 0 bridgehead atoms. The van der Waals surface area contributed by atoms with E-state index in [9.17, 15) is 9.90 Å². The Bertz CT molecular complexity index is 123. The number of aliphatic hydroxyl groups excluding tert-OH is 1. The highest BCUT2D eigenvalue weighted by atomic mass is 16.5. The molecule has 66 valence electrons. The zero-order valence-corrected chi connectivity index (χ0v) is 7.33. The Morgan fingerprint density at radius 3 is 2.45 bits per heavy atom. The maximum Gasteiger partial charge on any atom is 0.335 e. The first-order valence-electron chi connectivity index (χ1n) is 3.98. The lowest BCUT2D eigenvalue weighted by Gasteiger charge is -2.14. The Hall–Kier alpha value is -0.570. The van der Waals surface area contributed by atoms with E-state index >= 15 is 0 Å². The summed E-state index contributed by atoms with van der Waals surface area (Å²) in [5.74, 6) is -0.532. The summed E-state index contributed by atoms with van der Waals surface area (Å²) in [7, 11) is 0. The van der Waals surface area contributed by atoms with Gasteiger partial charge in [-0.25, -0.2) is 4.79 Å². The lowest BCUT2D eigenvalue weighted by molar-refractivity contribution is -0.155. The largest absolute Gasteiger partial charge is 0.464 e. The number of hydrogen-bond acceptors (Lipinski definition) is 3. The fourth-order valence-electron chi connectivity index (χ4n) is 0.683. The highest BCUT2D eigenvalue weighted by Crippen LogP contribution is 2.08. The summed E-state index contributed by atoms with van der Waals surface area (Å²) in [6, 6.07) is 0. The first kappa shape index (κ1) is 10.4. The Kier molecular flexibility index (Phi) is 4.86. The van der Waals surface area contributed by atoms with E-state index < -0.39 is 12.1 Å².